The van der Waals surface area contributed by atoms with E-state index in [2.05, 4.69) is 25.8 Å². The van der Waals surface area contributed by atoms with E-state index in [1.165, 1.54) is 10.4 Å². The number of fused-ring (bicyclic) bond motifs is 2. The number of amides is 1. The summed E-state index contributed by atoms with van der Waals surface area (Å²) in [5, 5.41) is 12.0. The molecular formula is C21H28N6OS2. The first-order valence-electron chi connectivity index (χ1n) is 10.5. The van der Waals surface area contributed by atoms with Gasteiger partial charge >= 0.3 is 0 Å². The molecule has 0 bridgehead atoms. The van der Waals surface area contributed by atoms with Gasteiger partial charge in [-0.05, 0) is 24.6 Å². The van der Waals surface area contributed by atoms with Gasteiger partial charge < -0.3 is 20.9 Å². The summed E-state index contributed by atoms with van der Waals surface area (Å²) in [6, 6.07) is 2.01. The van der Waals surface area contributed by atoms with Crippen molar-refractivity contribution in [3.63, 3.8) is 0 Å². The molecule has 6 rings (SSSR count). The molecule has 0 saturated carbocycles. The fourth-order valence-corrected chi connectivity index (χ4v) is 7.06. The number of rotatable bonds is 5. The van der Waals surface area contributed by atoms with Crippen LogP contribution < -0.4 is 16.0 Å². The van der Waals surface area contributed by atoms with Crippen molar-refractivity contribution in [2.24, 2.45) is 5.41 Å². The van der Waals surface area contributed by atoms with E-state index in [4.69, 9.17) is 4.98 Å². The van der Waals surface area contributed by atoms with Crippen molar-refractivity contribution in [2.45, 2.75) is 19.4 Å². The van der Waals surface area contributed by atoms with Gasteiger partial charge in [0.2, 0.25) is 5.91 Å². The minimum Gasteiger partial charge on any atom is -0.317 e. The van der Waals surface area contributed by atoms with Crippen molar-refractivity contribution in [1.29, 1.82) is 0 Å². The molecule has 1 spiro atoms. The summed E-state index contributed by atoms with van der Waals surface area (Å²) < 4.78 is 1.13. The smallest absolute Gasteiger partial charge is 0.226 e. The molecule has 9 heteroatoms. The maximum absolute atomic E-state index is 12.8. The lowest BCUT2D eigenvalue weighted by Gasteiger charge is -2.56. The Morgan fingerprint density at radius 2 is 2.20 bits per heavy atom. The third-order valence-electron chi connectivity index (χ3n) is 6.36. The molecule has 3 aliphatic heterocycles. The van der Waals surface area contributed by atoms with Gasteiger partial charge in [0.05, 0.1) is 10.9 Å². The molecule has 2 saturated heterocycles. The summed E-state index contributed by atoms with van der Waals surface area (Å²) in [4.78, 5) is 25.5. The molecule has 0 atom stereocenters. The number of hydrogen-bond donors (Lipinski definition) is 3. The van der Waals surface area contributed by atoms with E-state index < -0.39 is 0 Å². The van der Waals surface area contributed by atoms with Crippen LogP contribution in [0.4, 0.5) is 5.00 Å². The highest BCUT2D eigenvalue weighted by Crippen LogP contribution is 2.44. The van der Waals surface area contributed by atoms with Crippen LogP contribution in [0.25, 0.3) is 20.8 Å². The lowest BCUT2D eigenvalue weighted by atomic mass is 9.74. The Kier molecular flexibility index (Phi) is 4.61. The molecule has 3 aromatic rings. The summed E-state index contributed by atoms with van der Waals surface area (Å²) in [7, 11) is 0. The first-order chi connectivity index (χ1) is 14.7. The van der Waals surface area contributed by atoms with Crippen LogP contribution in [-0.2, 0) is 17.8 Å². The Bertz CT molecular complexity index is 1090. The monoisotopic (exact) mass is 444 g/mol. The molecule has 3 aromatic heterocycles. The highest BCUT2D eigenvalue weighted by molar-refractivity contribution is 7.22. The predicted octanol–water partition coefficient (Wildman–Crippen LogP) is 2.79. The zero-order valence-corrected chi connectivity index (χ0v) is 18.3. The minimum atomic E-state index is 0. The first kappa shape index (κ1) is 18.8. The van der Waals surface area contributed by atoms with Gasteiger partial charge in [-0.25, -0.2) is 4.98 Å². The summed E-state index contributed by atoms with van der Waals surface area (Å²) >= 11 is 3.37. The predicted molar refractivity (Wildman–Crippen MR) is 125 cm³/mol. The van der Waals surface area contributed by atoms with Crippen LogP contribution in [0.3, 0.4) is 0 Å². The molecule has 6 heterocycles. The van der Waals surface area contributed by atoms with Crippen LogP contribution in [-0.4, -0.2) is 60.0 Å². The van der Waals surface area contributed by atoms with Crippen molar-refractivity contribution in [1.82, 2.24) is 25.5 Å². The number of likely N-dealkylation sites (tertiary alicyclic amines) is 1. The fourth-order valence-electron chi connectivity index (χ4n) is 4.75. The Balaban J connectivity index is 0.00000122. The summed E-state index contributed by atoms with van der Waals surface area (Å²) in [5.74, 6) is 0.0956. The van der Waals surface area contributed by atoms with Gasteiger partial charge in [-0.3, -0.25) is 9.78 Å². The first-order valence-corrected chi connectivity index (χ1v) is 12.1. The van der Waals surface area contributed by atoms with Crippen molar-refractivity contribution >= 4 is 43.8 Å². The van der Waals surface area contributed by atoms with E-state index in [1.807, 2.05) is 12.3 Å². The molecule has 3 aliphatic rings. The van der Waals surface area contributed by atoms with Gasteiger partial charge in [0.1, 0.15) is 15.5 Å². The number of nitrogens with zero attached hydrogens (tertiary/aromatic N) is 3. The van der Waals surface area contributed by atoms with Crippen molar-refractivity contribution in [3.8, 4) is 10.6 Å². The number of carbonyl (C=O) groups excluding carboxylic acids is 1. The molecule has 0 aliphatic carbocycles. The quantitative estimate of drug-likeness (QED) is 0.561. The lowest BCUT2D eigenvalue weighted by Crippen LogP contribution is -2.71. The SMILES string of the molecule is O=C(CCN1CC2(CNC2)C1)Nc1sc2c(c1-c1nc3cnccc3s1)CCNC2.[HH].[HH]. The number of carbonyl (C=O) groups is 1. The molecule has 7 nitrogen and oxygen atoms in total. The number of hydrogen-bond acceptors (Lipinski definition) is 8. The van der Waals surface area contributed by atoms with Crippen molar-refractivity contribution in [3.05, 3.63) is 28.9 Å². The Labute approximate surface area is 185 Å². The number of aromatic nitrogens is 2. The Morgan fingerprint density at radius 1 is 1.30 bits per heavy atom. The second-order valence-corrected chi connectivity index (χ2v) is 10.7. The average molecular weight is 445 g/mol. The van der Waals surface area contributed by atoms with Gasteiger partial charge in [0.25, 0.3) is 0 Å². The third-order valence-corrected chi connectivity index (χ3v) is 8.56. The molecule has 0 aromatic carbocycles. The van der Waals surface area contributed by atoms with E-state index in [-0.39, 0.29) is 8.76 Å². The standard InChI is InChI=1S/C21H24N6OS2.2H2/c28-17(3-6-27-11-21(12-27)9-24-10-21)26-20-18(13-1-4-23-8-16(13)30-20)19-25-14-7-22-5-2-15(14)29-19;;/h2,5,7,23-24H,1,3-4,6,8-12H2,(H,26,28);2*1H. The van der Waals surface area contributed by atoms with Gasteiger partial charge in [-0.15, -0.1) is 22.7 Å². The summed E-state index contributed by atoms with van der Waals surface area (Å²) in [5.41, 5.74) is 3.88. The Morgan fingerprint density at radius 3 is 3.00 bits per heavy atom. The maximum atomic E-state index is 12.8. The molecule has 160 valence electrons. The molecule has 0 radical (unpaired) electrons. The largest absolute Gasteiger partial charge is 0.317 e. The van der Waals surface area contributed by atoms with Crippen molar-refractivity contribution in [2.75, 3.05) is 44.6 Å². The van der Waals surface area contributed by atoms with Crippen molar-refractivity contribution < 1.29 is 7.65 Å². The zero-order valence-electron chi connectivity index (χ0n) is 16.7. The minimum absolute atomic E-state index is 0. The van der Waals surface area contributed by atoms with Gasteiger partial charge in [-0.2, -0.15) is 0 Å². The number of thiophene rings is 1. The lowest BCUT2D eigenvalue weighted by molar-refractivity contribution is -0.117. The number of anilines is 1. The molecular weight excluding hydrogens is 416 g/mol. The molecule has 2 fully saturated rings. The van der Waals surface area contributed by atoms with E-state index in [1.54, 1.807) is 28.9 Å². The van der Waals surface area contributed by atoms with Gasteiger partial charge in [-0.1, -0.05) is 0 Å². The number of thiazole rings is 1. The van der Waals surface area contributed by atoms with Crippen LogP contribution in [0.5, 0.6) is 0 Å². The van der Waals surface area contributed by atoms with Crippen LogP contribution >= 0.6 is 22.7 Å². The van der Waals surface area contributed by atoms with E-state index in [0.29, 0.717) is 11.8 Å². The van der Waals surface area contributed by atoms with Gasteiger partial charge in [0, 0.05) is 70.6 Å². The van der Waals surface area contributed by atoms with Crippen LogP contribution in [0.1, 0.15) is 19.7 Å². The number of pyridine rings is 1. The van der Waals surface area contributed by atoms with Crippen LogP contribution in [0, 0.1) is 5.41 Å². The highest BCUT2D eigenvalue weighted by atomic mass is 32.1. The normalized spacial score (nSPS) is 20.0. The topological polar surface area (TPSA) is 82.2 Å². The third kappa shape index (κ3) is 3.25. The highest BCUT2D eigenvalue weighted by Gasteiger charge is 2.47. The maximum Gasteiger partial charge on any atom is 0.226 e. The molecule has 30 heavy (non-hydrogen) atoms. The van der Waals surface area contributed by atoms with Gasteiger partial charge in [0.15, 0.2) is 0 Å². The zero-order chi connectivity index (χ0) is 20.1. The number of nitrogens with one attached hydrogen (secondary N) is 3. The summed E-state index contributed by atoms with van der Waals surface area (Å²) in [6.07, 6.45) is 5.12. The van der Waals surface area contributed by atoms with E-state index >= 15 is 0 Å². The summed E-state index contributed by atoms with van der Waals surface area (Å²) in [6.45, 7) is 7.16. The second-order valence-electron chi connectivity index (χ2n) is 8.61. The molecule has 3 N–H and O–H groups in total. The molecule has 0 unspecified atom stereocenters. The van der Waals surface area contributed by atoms with E-state index in [0.717, 1.165) is 78.0 Å². The Hall–Kier alpha value is -1.91. The van der Waals surface area contributed by atoms with Crippen LogP contribution in [0.15, 0.2) is 18.5 Å². The molecule has 1 amide bonds. The van der Waals surface area contributed by atoms with E-state index in [9.17, 15) is 4.79 Å². The fraction of sp³-hybridized carbons (Fsp3) is 0.476. The van der Waals surface area contributed by atoms with Crippen LogP contribution in [0.2, 0.25) is 0 Å². The second kappa shape index (κ2) is 7.35. The average Bonchev–Trinajstić information content (AvgIpc) is 3.25.